The number of piperazine rings is 1. The van der Waals surface area contributed by atoms with Crippen molar-refractivity contribution < 1.29 is 19.1 Å². The SMILES string of the molecule is COC1(CN2CC(=O)NC(C)C2=O)CCOC1. The van der Waals surface area contributed by atoms with Crippen LogP contribution < -0.4 is 5.32 Å². The van der Waals surface area contributed by atoms with Crippen molar-refractivity contribution in [1.82, 2.24) is 10.2 Å². The third-order valence-electron chi connectivity index (χ3n) is 3.37. The van der Waals surface area contributed by atoms with Gasteiger partial charge in [-0.05, 0) is 6.92 Å². The summed E-state index contributed by atoms with van der Waals surface area (Å²) in [5, 5.41) is 2.61. The number of amides is 2. The number of carbonyl (C=O) groups excluding carboxylic acids is 2. The average Bonchev–Trinajstić information content (AvgIpc) is 2.74. The molecule has 0 radical (unpaired) electrons. The van der Waals surface area contributed by atoms with Crippen molar-refractivity contribution in [2.75, 3.05) is 33.4 Å². The first-order valence-corrected chi connectivity index (χ1v) is 5.77. The molecule has 0 aromatic rings. The fourth-order valence-corrected chi connectivity index (χ4v) is 2.29. The Morgan fingerprint density at radius 2 is 2.35 bits per heavy atom. The monoisotopic (exact) mass is 242 g/mol. The number of rotatable bonds is 3. The summed E-state index contributed by atoms with van der Waals surface area (Å²) in [5.41, 5.74) is -0.451. The maximum Gasteiger partial charge on any atom is 0.245 e. The fourth-order valence-electron chi connectivity index (χ4n) is 2.29. The van der Waals surface area contributed by atoms with Crippen molar-refractivity contribution >= 4 is 11.8 Å². The molecule has 0 spiro atoms. The average molecular weight is 242 g/mol. The lowest BCUT2D eigenvalue weighted by Gasteiger charge is -2.37. The molecule has 2 fully saturated rings. The van der Waals surface area contributed by atoms with Crippen LogP contribution in [0.25, 0.3) is 0 Å². The third kappa shape index (κ3) is 2.42. The van der Waals surface area contributed by atoms with Crippen LogP contribution in [0.3, 0.4) is 0 Å². The van der Waals surface area contributed by atoms with Crippen LogP contribution in [0.1, 0.15) is 13.3 Å². The molecule has 96 valence electrons. The summed E-state index contributed by atoms with van der Waals surface area (Å²) in [6, 6.07) is -0.451. The molecule has 17 heavy (non-hydrogen) atoms. The van der Waals surface area contributed by atoms with Crippen molar-refractivity contribution in [1.29, 1.82) is 0 Å². The second kappa shape index (κ2) is 4.62. The third-order valence-corrected chi connectivity index (χ3v) is 3.37. The van der Waals surface area contributed by atoms with Crippen molar-refractivity contribution in [2.45, 2.75) is 25.0 Å². The molecule has 0 aliphatic carbocycles. The lowest BCUT2D eigenvalue weighted by molar-refractivity contribution is -0.148. The fraction of sp³-hybridized carbons (Fsp3) is 0.818. The molecule has 6 nitrogen and oxygen atoms in total. The number of carbonyl (C=O) groups is 2. The van der Waals surface area contributed by atoms with E-state index in [0.29, 0.717) is 19.8 Å². The van der Waals surface area contributed by atoms with Gasteiger partial charge in [0.25, 0.3) is 0 Å². The number of hydrogen-bond acceptors (Lipinski definition) is 4. The van der Waals surface area contributed by atoms with Crippen molar-refractivity contribution in [2.24, 2.45) is 0 Å². The summed E-state index contributed by atoms with van der Waals surface area (Å²) in [6.45, 7) is 3.33. The van der Waals surface area contributed by atoms with E-state index in [9.17, 15) is 9.59 Å². The second-order valence-electron chi connectivity index (χ2n) is 4.67. The molecule has 2 atom stereocenters. The summed E-state index contributed by atoms with van der Waals surface area (Å²) in [4.78, 5) is 24.9. The predicted octanol–water partition coefficient (Wildman–Crippen LogP) is -0.861. The number of ether oxygens (including phenoxy) is 2. The van der Waals surface area contributed by atoms with Gasteiger partial charge in [0.2, 0.25) is 11.8 Å². The van der Waals surface area contributed by atoms with Gasteiger partial charge in [-0.1, -0.05) is 0 Å². The molecule has 2 aliphatic rings. The minimum absolute atomic E-state index is 0.0621. The molecule has 0 aromatic carbocycles. The summed E-state index contributed by atoms with van der Waals surface area (Å²) >= 11 is 0. The zero-order chi connectivity index (χ0) is 12.5. The van der Waals surface area contributed by atoms with Crippen LogP contribution in [-0.4, -0.2) is 61.8 Å². The van der Waals surface area contributed by atoms with E-state index < -0.39 is 11.6 Å². The molecule has 2 saturated heterocycles. The van der Waals surface area contributed by atoms with Crippen LogP contribution in [0.4, 0.5) is 0 Å². The Morgan fingerprint density at radius 3 is 2.94 bits per heavy atom. The summed E-state index contributed by atoms with van der Waals surface area (Å²) in [5.74, 6) is -0.185. The molecule has 2 aliphatic heterocycles. The van der Waals surface area contributed by atoms with Gasteiger partial charge >= 0.3 is 0 Å². The summed E-state index contributed by atoms with van der Waals surface area (Å²) in [6.07, 6.45) is 0.753. The lowest BCUT2D eigenvalue weighted by Crippen LogP contribution is -2.60. The van der Waals surface area contributed by atoms with E-state index in [1.54, 1.807) is 18.9 Å². The standard InChI is InChI=1S/C11H18N2O4/c1-8-10(15)13(5-9(14)12-8)6-11(16-2)3-4-17-7-11/h8H,3-7H2,1-2H3,(H,12,14). The second-order valence-corrected chi connectivity index (χ2v) is 4.67. The first kappa shape index (κ1) is 12.3. The Labute approximate surface area is 100 Å². The molecule has 6 heteroatoms. The van der Waals surface area contributed by atoms with Crippen LogP contribution in [0.5, 0.6) is 0 Å². The van der Waals surface area contributed by atoms with Crippen LogP contribution in [-0.2, 0) is 19.1 Å². The van der Waals surface area contributed by atoms with E-state index in [4.69, 9.17) is 9.47 Å². The van der Waals surface area contributed by atoms with Crippen LogP contribution >= 0.6 is 0 Å². The Hall–Kier alpha value is -1.14. The summed E-state index contributed by atoms with van der Waals surface area (Å²) < 4.78 is 10.8. The molecule has 0 saturated carbocycles. The van der Waals surface area contributed by atoms with E-state index >= 15 is 0 Å². The van der Waals surface area contributed by atoms with Gasteiger partial charge in [0.15, 0.2) is 0 Å². The highest BCUT2D eigenvalue weighted by Gasteiger charge is 2.40. The van der Waals surface area contributed by atoms with Gasteiger partial charge in [0.1, 0.15) is 11.6 Å². The molecule has 2 rings (SSSR count). The number of nitrogens with one attached hydrogen (secondary N) is 1. The quantitative estimate of drug-likeness (QED) is 0.699. The molecular formula is C11H18N2O4. The topological polar surface area (TPSA) is 67.9 Å². The normalized spacial score (nSPS) is 34.0. The molecule has 2 unspecified atom stereocenters. The van der Waals surface area contributed by atoms with Gasteiger partial charge in [0.05, 0.1) is 19.7 Å². The zero-order valence-electron chi connectivity index (χ0n) is 10.2. The maximum atomic E-state index is 11.9. The molecule has 0 aromatic heterocycles. The van der Waals surface area contributed by atoms with E-state index in [0.717, 1.165) is 6.42 Å². The number of nitrogens with zero attached hydrogens (tertiary/aromatic N) is 1. The Kier molecular flexibility index (Phi) is 3.35. The molecule has 0 bridgehead atoms. The maximum absolute atomic E-state index is 11.9. The lowest BCUT2D eigenvalue weighted by atomic mass is 10.0. The largest absolute Gasteiger partial charge is 0.378 e. The molecule has 1 N–H and O–H groups in total. The van der Waals surface area contributed by atoms with Crippen molar-refractivity contribution in [3.05, 3.63) is 0 Å². The highest BCUT2D eigenvalue weighted by Crippen LogP contribution is 2.24. The number of hydrogen-bond donors (Lipinski definition) is 1. The van der Waals surface area contributed by atoms with Crippen LogP contribution in [0.15, 0.2) is 0 Å². The Balaban J connectivity index is 2.06. The first-order valence-electron chi connectivity index (χ1n) is 5.77. The minimum atomic E-state index is -0.451. The van der Waals surface area contributed by atoms with Gasteiger partial charge in [-0.2, -0.15) is 0 Å². The highest BCUT2D eigenvalue weighted by atomic mass is 16.5. The van der Waals surface area contributed by atoms with Crippen molar-refractivity contribution in [3.63, 3.8) is 0 Å². The Bertz CT molecular complexity index is 325. The molecule has 2 heterocycles. The van der Waals surface area contributed by atoms with E-state index in [-0.39, 0.29) is 18.4 Å². The van der Waals surface area contributed by atoms with Crippen LogP contribution in [0, 0.1) is 0 Å². The van der Waals surface area contributed by atoms with Gasteiger partial charge in [-0.25, -0.2) is 0 Å². The van der Waals surface area contributed by atoms with Gasteiger partial charge < -0.3 is 19.7 Å². The number of methoxy groups -OCH3 is 1. The summed E-state index contributed by atoms with van der Waals surface area (Å²) in [7, 11) is 1.62. The minimum Gasteiger partial charge on any atom is -0.378 e. The van der Waals surface area contributed by atoms with E-state index in [2.05, 4.69) is 5.32 Å². The predicted molar refractivity (Wildman–Crippen MR) is 59.4 cm³/mol. The molecule has 2 amide bonds. The van der Waals surface area contributed by atoms with Gasteiger partial charge in [0, 0.05) is 20.1 Å². The first-order chi connectivity index (χ1) is 8.06. The van der Waals surface area contributed by atoms with E-state index in [1.807, 2.05) is 0 Å². The van der Waals surface area contributed by atoms with E-state index in [1.165, 1.54) is 0 Å². The molecular weight excluding hydrogens is 224 g/mol. The zero-order valence-corrected chi connectivity index (χ0v) is 10.2. The smallest absolute Gasteiger partial charge is 0.245 e. The van der Waals surface area contributed by atoms with Gasteiger partial charge in [-0.3, -0.25) is 9.59 Å². The highest BCUT2D eigenvalue weighted by molar-refractivity contribution is 5.94. The van der Waals surface area contributed by atoms with Gasteiger partial charge in [-0.15, -0.1) is 0 Å². The Morgan fingerprint density at radius 1 is 1.59 bits per heavy atom. The van der Waals surface area contributed by atoms with Crippen LogP contribution in [0.2, 0.25) is 0 Å². The van der Waals surface area contributed by atoms with Crippen molar-refractivity contribution in [3.8, 4) is 0 Å².